The summed E-state index contributed by atoms with van der Waals surface area (Å²) in [4.78, 5) is -0.213. The third kappa shape index (κ3) is 4.28. The molecule has 0 spiro atoms. The maximum atomic E-state index is 13.9. The van der Waals surface area contributed by atoms with Crippen LogP contribution in [0.2, 0.25) is 5.02 Å². The Hall–Kier alpha value is -1.49. The zero-order chi connectivity index (χ0) is 17.4. The number of nitrogens with zero attached hydrogens (tertiary/aromatic N) is 3. The molecule has 2 aromatic rings. The summed E-state index contributed by atoms with van der Waals surface area (Å²) >= 11 is 5.87. The van der Waals surface area contributed by atoms with E-state index in [1.807, 2.05) is 0 Å². The van der Waals surface area contributed by atoms with Gasteiger partial charge in [0.1, 0.15) is 11.5 Å². The second-order valence-electron chi connectivity index (χ2n) is 4.17. The fourth-order valence-electron chi connectivity index (χ4n) is 1.60. The molecule has 1 aromatic heterocycles. The van der Waals surface area contributed by atoms with Crippen LogP contribution in [0.15, 0.2) is 23.2 Å². The lowest BCUT2D eigenvalue weighted by Gasteiger charge is -2.12. The molecule has 1 aromatic carbocycles. The first kappa shape index (κ1) is 17.9. The van der Waals surface area contributed by atoms with Gasteiger partial charge in [0.25, 0.3) is 0 Å². The fourth-order valence-corrected chi connectivity index (χ4v) is 2.63. The second-order valence-corrected chi connectivity index (χ2v) is 5.59. The first-order valence-corrected chi connectivity index (χ1v) is 7.02. The third-order valence-corrected chi connectivity index (χ3v) is 4.02. The summed E-state index contributed by atoms with van der Waals surface area (Å²) in [5.41, 5.74) is -1.36. The van der Waals surface area contributed by atoms with Gasteiger partial charge in [-0.1, -0.05) is 16.8 Å². The average molecular weight is 380 g/mol. The lowest BCUT2D eigenvalue weighted by Crippen LogP contribution is -2.19. The molecule has 12 heteroatoms. The predicted octanol–water partition coefficient (Wildman–Crippen LogP) is 4.87. The average Bonchev–Trinajstić information content (AvgIpc) is 2.85. The largest absolute Gasteiger partial charge is 0.506 e. The Morgan fingerprint density at radius 2 is 1.78 bits per heavy atom. The Morgan fingerprint density at radius 1 is 1.13 bits per heavy atom. The number of thioether (sulfide) groups is 1. The van der Waals surface area contributed by atoms with Crippen molar-refractivity contribution in [1.82, 2.24) is 15.0 Å². The molecule has 0 radical (unpaired) electrons. The van der Waals surface area contributed by atoms with Crippen LogP contribution >= 0.6 is 23.4 Å². The molecule has 0 fully saturated rings. The van der Waals surface area contributed by atoms with Crippen LogP contribution < -0.4 is 0 Å². The van der Waals surface area contributed by atoms with Crippen molar-refractivity contribution < 1.29 is 30.7 Å². The third-order valence-electron chi connectivity index (χ3n) is 2.48. The van der Waals surface area contributed by atoms with Gasteiger partial charge in [-0.15, -0.1) is 30.0 Å². The van der Waals surface area contributed by atoms with E-state index in [1.165, 1.54) is 0 Å². The van der Waals surface area contributed by atoms with Gasteiger partial charge in [-0.2, -0.15) is 17.9 Å². The summed E-state index contributed by atoms with van der Waals surface area (Å²) in [7, 11) is 0. The van der Waals surface area contributed by atoms with Crippen LogP contribution in [0.3, 0.4) is 0 Å². The number of aromatic nitrogens is 3. The zero-order valence-electron chi connectivity index (χ0n) is 10.7. The minimum absolute atomic E-state index is 0.213. The molecule has 0 amide bonds. The number of hydrogen-bond acceptors (Lipinski definition) is 3. The Bertz CT molecular complexity index is 711. The second kappa shape index (κ2) is 6.19. The van der Waals surface area contributed by atoms with E-state index in [9.17, 15) is 30.7 Å². The lowest BCUT2D eigenvalue weighted by atomic mass is 10.1. The molecule has 3 nitrogen and oxygen atoms in total. The molecule has 0 aliphatic carbocycles. The zero-order valence-corrected chi connectivity index (χ0v) is 12.3. The van der Waals surface area contributed by atoms with Crippen molar-refractivity contribution >= 4 is 23.4 Å². The normalized spacial score (nSPS) is 12.7. The van der Waals surface area contributed by atoms with E-state index in [1.54, 1.807) is 0 Å². The minimum Gasteiger partial charge on any atom is -0.206 e. The summed E-state index contributed by atoms with van der Waals surface area (Å²) in [6, 6.07) is 1.44. The summed E-state index contributed by atoms with van der Waals surface area (Å²) in [6.07, 6.45) is -8.83. The molecule has 0 unspecified atom stereocenters. The van der Waals surface area contributed by atoms with Gasteiger partial charge in [0.2, 0.25) is 0 Å². The van der Waals surface area contributed by atoms with E-state index in [2.05, 4.69) is 10.3 Å². The Labute approximate surface area is 133 Å². The van der Waals surface area contributed by atoms with Gasteiger partial charge in [0.15, 0.2) is 0 Å². The highest BCUT2D eigenvalue weighted by atomic mass is 35.5. The van der Waals surface area contributed by atoms with E-state index in [4.69, 9.17) is 11.6 Å². The van der Waals surface area contributed by atoms with Crippen molar-refractivity contribution in [3.63, 3.8) is 0 Å². The summed E-state index contributed by atoms with van der Waals surface area (Å²) in [5, 5.41) is 5.51. The van der Waals surface area contributed by atoms with Gasteiger partial charge < -0.3 is 0 Å². The van der Waals surface area contributed by atoms with Crippen molar-refractivity contribution in [2.24, 2.45) is 0 Å². The first-order valence-electron chi connectivity index (χ1n) is 5.66. The molecule has 0 saturated carbocycles. The van der Waals surface area contributed by atoms with Gasteiger partial charge >= 0.3 is 12.5 Å². The molecular formula is C11H5ClF7N3S. The molecule has 2 rings (SSSR count). The number of halogens is 8. The molecule has 0 atom stereocenters. The Balaban J connectivity index is 2.46. The van der Waals surface area contributed by atoms with Crippen LogP contribution in [0.25, 0.3) is 11.3 Å². The lowest BCUT2D eigenvalue weighted by molar-refractivity contribution is -0.211. The highest BCUT2D eigenvalue weighted by molar-refractivity contribution is 7.99. The highest BCUT2D eigenvalue weighted by Gasteiger charge is 2.36. The molecule has 0 saturated heterocycles. The maximum Gasteiger partial charge on any atom is 0.506 e. The molecular weight excluding hydrogens is 375 g/mol. The number of hydrogen-bond donors (Lipinski definition) is 0. The molecule has 0 aliphatic heterocycles. The van der Waals surface area contributed by atoms with Gasteiger partial charge in [-0.3, -0.25) is 0 Å². The van der Waals surface area contributed by atoms with E-state index in [0.717, 1.165) is 6.07 Å². The maximum absolute atomic E-state index is 13.9. The van der Waals surface area contributed by atoms with Gasteiger partial charge in [0.05, 0.1) is 17.0 Å². The van der Waals surface area contributed by atoms with E-state index in [0.29, 0.717) is 12.3 Å². The van der Waals surface area contributed by atoms with Gasteiger partial charge in [-0.05, 0) is 12.1 Å². The van der Waals surface area contributed by atoms with E-state index >= 15 is 0 Å². The van der Waals surface area contributed by atoms with E-state index < -0.39 is 40.0 Å². The minimum atomic E-state index is -4.96. The van der Waals surface area contributed by atoms with Crippen LogP contribution in [0, 0.1) is 5.82 Å². The summed E-state index contributed by atoms with van der Waals surface area (Å²) in [5.74, 6) is -2.46. The van der Waals surface area contributed by atoms with Crippen LogP contribution in [0.5, 0.6) is 0 Å². The number of benzene rings is 1. The molecule has 1 heterocycles. The topological polar surface area (TPSA) is 30.7 Å². The summed E-state index contributed by atoms with van der Waals surface area (Å²) < 4.78 is 88.3. The monoisotopic (exact) mass is 379 g/mol. The molecule has 0 bridgehead atoms. The van der Waals surface area contributed by atoms with Crippen molar-refractivity contribution in [3.05, 3.63) is 29.2 Å². The predicted molar refractivity (Wildman–Crippen MR) is 68.5 cm³/mol. The van der Waals surface area contributed by atoms with E-state index in [-0.39, 0.29) is 21.7 Å². The molecule has 0 N–H and O–H groups in total. The van der Waals surface area contributed by atoms with Crippen molar-refractivity contribution in [3.8, 4) is 11.3 Å². The van der Waals surface area contributed by atoms with Crippen molar-refractivity contribution in [2.45, 2.75) is 17.4 Å². The summed E-state index contributed by atoms with van der Waals surface area (Å²) in [6.45, 7) is 0. The number of rotatable bonds is 3. The number of alkyl halides is 6. The molecule has 126 valence electrons. The Kier molecular flexibility index (Phi) is 4.81. The van der Waals surface area contributed by atoms with Crippen molar-refractivity contribution in [1.29, 1.82) is 0 Å². The smallest absolute Gasteiger partial charge is 0.206 e. The van der Waals surface area contributed by atoms with Gasteiger partial charge in [0, 0.05) is 10.5 Å². The van der Waals surface area contributed by atoms with Crippen molar-refractivity contribution in [2.75, 3.05) is 5.75 Å². The molecule has 23 heavy (non-hydrogen) atoms. The first-order chi connectivity index (χ1) is 10.5. The van der Waals surface area contributed by atoms with Gasteiger partial charge in [-0.25, -0.2) is 4.39 Å². The highest BCUT2D eigenvalue weighted by Crippen LogP contribution is 2.37. The fraction of sp³-hybridized carbons (Fsp3) is 0.273. The molecule has 0 aliphatic rings. The van der Waals surface area contributed by atoms with Crippen LogP contribution in [-0.4, -0.2) is 26.9 Å². The van der Waals surface area contributed by atoms with Crippen LogP contribution in [0.1, 0.15) is 0 Å². The quantitative estimate of drug-likeness (QED) is 0.563. The Morgan fingerprint density at radius 3 is 2.35 bits per heavy atom. The SMILES string of the molecule is Fc1cc(Cl)c(SCC(F)(F)F)cc1-c1cnnn1C(F)(F)F. The van der Waals surface area contributed by atoms with Crippen LogP contribution in [0.4, 0.5) is 30.7 Å². The standard InChI is InChI=1S/C11H5ClF7N3S/c12-6-2-7(13)5(1-9(6)23-4-10(14,15)16)8-3-20-21-22(8)11(17,18)19/h1-3H,4H2. The van der Waals surface area contributed by atoms with Crippen LogP contribution in [-0.2, 0) is 6.30 Å².